The molecule has 0 saturated heterocycles. The third kappa shape index (κ3) is 56.3. The largest absolute Gasteiger partial charge is 0.462 e. The molecule has 0 aromatic carbocycles. The second-order valence-corrected chi connectivity index (χ2v) is 16.7. The lowest BCUT2D eigenvalue weighted by Crippen LogP contribution is -2.30. The molecule has 0 aliphatic rings. The summed E-state index contributed by atoms with van der Waals surface area (Å²) in [6.45, 7) is 6.06. The van der Waals surface area contributed by atoms with Gasteiger partial charge in [0.15, 0.2) is 6.10 Å². The quantitative estimate of drug-likeness (QED) is 0.0199. The number of ether oxygens (including phenoxy) is 3. The van der Waals surface area contributed by atoms with E-state index in [0.717, 1.165) is 89.9 Å². The van der Waals surface area contributed by atoms with E-state index in [2.05, 4.69) is 106 Å². The van der Waals surface area contributed by atoms with Gasteiger partial charge in [0, 0.05) is 19.3 Å². The normalized spacial score (nSPS) is 14.0. The highest BCUT2D eigenvalue weighted by molar-refractivity contribution is 5.71. The number of hydrogen-bond acceptors (Lipinski definition) is 6. The zero-order valence-electron chi connectivity index (χ0n) is 45.0. The summed E-state index contributed by atoms with van der Waals surface area (Å²) < 4.78 is 16.7. The van der Waals surface area contributed by atoms with Crippen LogP contribution in [0.4, 0.5) is 0 Å². The van der Waals surface area contributed by atoms with Crippen molar-refractivity contribution in [2.24, 2.45) is 0 Å². The smallest absolute Gasteiger partial charge is 0.306 e. The zero-order chi connectivity index (χ0) is 52.9. The molecule has 0 aliphatic heterocycles. The van der Waals surface area contributed by atoms with E-state index in [1.54, 1.807) is 0 Å². The second-order valence-electron chi connectivity index (χ2n) is 16.7. The van der Waals surface area contributed by atoms with Gasteiger partial charge in [-0.05, 0) is 96.3 Å². The molecule has 6 nitrogen and oxygen atoms in total. The first-order valence-corrected chi connectivity index (χ1v) is 27.1. The van der Waals surface area contributed by atoms with Gasteiger partial charge in [-0.3, -0.25) is 14.4 Å². The van der Waals surface area contributed by atoms with E-state index in [0.29, 0.717) is 19.3 Å². The summed E-state index contributed by atoms with van der Waals surface area (Å²) in [5.74, 6) is -1.12. The number of carbonyl (C=O) groups is 3. The van der Waals surface area contributed by atoms with Crippen molar-refractivity contribution in [1.29, 1.82) is 0 Å². The Hall–Kier alpha value is -6.53. The highest BCUT2D eigenvalue weighted by Gasteiger charge is 2.19. The fourth-order valence-corrected chi connectivity index (χ4v) is 6.09. The van der Waals surface area contributed by atoms with Gasteiger partial charge in [-0.1, -0.05) is 265 Å². The Bertz CT molecular complexity index is 1960. The lowest BCUT2D eigenvalue weighted by Gasteiger charge is -2.18. The number of allylic oxidation sites excluding steroid dienone is 38. The van der Waals surface area contributed by atoms with Gasteiger partial charge in [0.05, 0.1) is 0 Å². The van der Waals surface area contributed by atoms with E-state index in [-0.39, 0.29) is 44.4 Å². The molecule has 0 aromatic rings. The summed E-state index contributed by atoms with van der Waals surface area (Å²) in [5, 5.41) is 0. The lowest BCUT2D eigenvalue weighted by molar-refractivity contribution is -0.167. The molecule has 6 heteroatoms. The number of hydrogen-bond donors (Lipinski definition) is 0. The topological polar surface area (TPSA) is 78.9 Å². The van der Waals surface area contributed by atoms with Crippen LogP contribution in [0.3, 0.4) is 0 Å². The third-order valence-corrected chi connectivity index (χ3v) is 10.0. The number of carbonyl (C=O) groups excluding carboxylic acids is 3. The Kier molecular flexibility index (Phi) is 52.9. The molecule has 0 saturated carbocycles. The fraction of sp³-hybridized carbons (Fsp3) is 0.388. The molecule has 396 valence electrons. The molecule has 1 atom stereocenters. The Labute approximate surface area is 444 Å². The standard InChI is InChI=1S/C67H92O6/c1-4-7-10-13-16-19-22-25-28-31-33-36-39-42-45-48-51-54-57-60-66(69)72-63-64(62-71-65(68)59-56-53-50-47-44-41-38-35-30-27-24-21-18-15-12-9-6-3)73-67(70)61-58-55-52-49-46-43-40-37-34-32-29-26-23-20-17-14-11-8-5-2/h7-14,16-23,25-34,36-43,45-47,50,64H,4-6,15,24,35,44,48-49,51-63H2,1-3H3/b10-7-,11-8-,12-9-,16-13-,17-14-,21-18-,22-19-,23-20-,28-25-,29-26-,30-27-,33-31+,34-32+,39-36-,40-37-,41-38-,45-42-,46-43-,50-47-. The van der Waals surface area contributed by atoms with Crippen LogP contribution in [0.25, 0.3) is 0 Å². The van der Waals surface area contributed by atoms with Crippen LogP contribution in [-0.2, 0) is 28.6 Å². The molecule has 0 fully saturated rings. The average molecular weight is 993 g/mol. The number of esters is 3. The minimum absolute atomic E-state index is 0.155. The second kappa shape index (κ2) is 58.0. The molecule has 1 unspecified atom stereocenters. The summed E-state index contributed by atoms with van der Waals surface area (Å²) >= 11 is 0. The molecule has 0 heterocycles. The van der Waals surface area contributed by atoms with Crippen LogP contribution in [0, 0.1) is 0 Å². The molecule has 0 spiro atoms. The maximum atomic E-state index is 12.8. The molecule has 73 heavy (non-hydrogen) atoms. The third-order valence-electron chi connectivity index (χ3n) is 10.0. The van der Waals surface area contributed by atoms with Gasteiger partial charge in [0.2, 0.25) is 0 Å². The van der Waals surface area contributed by atoms with Crippen LogP contribution >= 0.6 is 0 Å². The number of rotatable bonds is 44. The van der Waals surface area contributed by atoms with E-state index in [1.165, 1.54) is 0 Å². The highest BCUT2D eigenvalue weighted by Crippen LogP contribution is 2.10. The maximum Gasteiger partial charge on any atom is 0.306 e. The molecular formula is C67H92O6. The lowest BCUT2D eigenvalue weighted by atomic mass is 10.1. The SMILES string of the molecule is CC\C=C/C=C\C=C/C=C\C=C\C=C/C=C\CCCCCC(=O)OCC(COC(=O)CCC/C=C\C/C=C\C/C=C\C/C=C\C/C=C\CC)OC(=O)CCCCC\C=C/C=C\C=C\C=C/C=C\C=C/C=C\CC. The van der Waals surface area contributed by atoms with Gasteiger partial charge < -0.3 is 14.2 Å². The van der Waals surface area contributed by atoms with Crippen molar-refractivity contribution in [2.75, 3.05) is 13.2 Å². The summed E-state index contributed by atoms with van der Waals surface area (Å²) in [7, 11) is 0. The summed E-state index contributed by atoms with van der Waals surface area (Å²) in [6, 6.07) is 0. The summed E-state index contributed by atoms with van der Waals surface area (Å²) in [4.78, 5) is 38.1. The van der Waals surface area contributed by atoms with Gasteiger partial charge in [-0.15, -0.1) is 0 Å². The zero-order valence-corrected chi connectivity index (χ0v) is 45.0. The molecule has 0 rings (SSSR count). The van der Waals surface area contributed by atoms with E-state index in [4.69, 9.17) is 14.2 Å². The first kappa shape index (κ1) is 66.5. The summed E-state index contributed by atoms with van der Waals surface area (Å²) in [6.07, 6.45) is 93.1. The van der Waals surface area contributed by atoms with Crippen LogP contribution in [-0.4, -0.2) is 37.2 Å². The number of unbranched alkanes of at least 4 members (excludes halogenated alkanes) is 7. The van der Waals surface area contributed by atoms with E-state index in [1.807, 2.05) is 146 Å². The molecule has 0 N–H and O–H groups in total. The van der Waals surface area contributed by atoms with Crippen molar-refractivity contribution in [3.63, 3.8) is 0 Å². The van der Waals surface area contributed by atoms with Gasteiger partial charge in [0.1, 0.15) is 13.2 Å². The molecule has 0 aliphatic carbocycles. The Morgan fingerprint density at radius 3 is 0.945 bits per heavy atom. The van der Waals surface area contributed by atoms with E-state index in [9.17, 15) is 14.4 Å². The molecule has 0 amide bonds. The first-order chi connectivity index (χ1) is 36.0. The van der Waals surface area contributed by atoms with Gasteiger partial charge in [0.25, 0.3) is 0 Å². The summed E-state index contributed by atoms with van der Waals surface area (Å²) in [5.41, 5.74) is 0. The molecule has 0 bridgehead atoms. The minimum Gasteiger partial charge on any atom is -0.462 e. The van der Waals surface area contributed by atoms with Crippen LogP contribution in [0.15, 0.2) is 231 Å². The van der Waals surface area contributed by atoms with Gasteiger partial charge in [-0.2, -0.15) is 0 Å². The Morgan fingerprint density at radius 2 is 0.575 bits per heavy atom. The Morgan fingerprint density at radius 1 is 0.288 bits per heavy atom. The van der Waals surface area contributed by atoms with Crippen LogP contribution < -0.4 is 0 Å². The van der Waals surface area contributed by atoms with Crippen molar-refractivity contribution in [3.8, 4) is 0 Å². The molecule has 0 radical (unpaired) electrons. The van der Waals surface area contributed by atoms with Gasteiger partial charge in [-0.25, -0.2) is 0 Å². The first-order valence-electron chi connectivity index (χ1n) is 27.1. The van der Waals surface area contributed by atoms with Crippen LogP contribution in [0.5, 0.6) is 0 Å². The monoisotopic (exact) mass is 993 g/mol. The molecular weight excluding hydrogens is 901 g/mol. The fourth-order valence-electron chi connectivity index (χ4n) is 6.09. The van der Waals surface area contributed by atoms with Crippen molar-refractivity contribution >= 4 is 17.9 Å². The maximum absolute atomic E-state index is 12.8. The van der Waals surface area contributed by atoms with Crippen molar-refractivity contribution in [3.05, 3.63) is 231 Å². The van der Waals surface area contributed by atoms with Crippen LogP contribution in [0.2, 0.25) is 0 Å². The minimum atomic E-state index is -0.862. The van der Waals surface area contributed by atoms with Gasteiger partial charge >= 0.3 is 17.9 Å². The van der Waals surface area contributed by atoms with Crippen molar-refractivity contribution in [1.82, 2.24) is 0 Å². The predicted octanol–water partition coefficient (Wildman–Crippen LogP) is 18.4. The molecule has 0 aromatic heterocycles. The average Bonchev–Trinajstić information content (AvgIpc) is 3.39. The Balaban J connectivity index is 4.76. The van der Waals surface area contributed by atoms with Crippen LogP contribution in [0.1, 0.15) is 149 Å². The van der Waals surface area contributed by atoms with Crippen molar-refractivity contribution in [2.45, 2.75) is 155 Å². The van der Waals surface area contributed by atoms with E-state index < -0.39 is 12.1 Å². The van der Waals surface area contributed by atoms with Crippen molar-refractivity contribution < 1.29 is 28.6 Å². The highest BCUT2D eigenvalue weighted by atomic mass is 16.6. The predicted molar refractivity (Wildman–Crippen MR) is 315 cm³/mol. The van der Waals surface area contributed by atoms with E-state index >= 15 is 0 Å².